The number of hydrogen-bond acceptors (Lipinski definition) is 4. The average Bonchev–Trinajstić information content (AvgIpc) is 2.59. The van der Waals surface area contributed by atoms with E-state index in [1.165, 1.54) is 0 Å². The zero-order chi connectivity index (χ0) is 18.7. The molecule has 3 aromatic rings. The number of pyridine rings is 1. The molecule has 0 radical (unpaired) electrons. The molecule has 0 bridgehead atoms. The highest BCUT2D eigenvalue weighted by molar-refractivity contribution is 6.32. The maximum atomic E-state index is 12.2. The van der Waals surface area contributed by atoms with Crippen molar-refractivity contribution >= 4 is 39.9 Å². The molecule has 0 aliphatic carbocycles. The van der Waals surface area contributed by atoms with Crippen molar-refractivity contribution in [1.82, 2.24) is 4.98 Å². The summed E-state index contributed by atoms with van der Waals surface area (Å²) in [5.41, 5.74) is 2.20. The lowest BCUT2D eigenvalue weighted by Crippen LogP contribution is -2.21. The number of carbonyl (C=O) groups excluding carboxylic acids is 2. The minimum absolute atomic E-state index is 0.0713. The normalized spacial score (nSPS) is 10.6. The summed E-state index contributed by atoms with van der Waals surface area (Å²) in [5, 5.41) is 4.76. The Hall–Kier alpha value is -2.92. The first-order valence-corrected chi connectivity index (χ1v) is 8.42. The van der Waals surface area contributed by atoms with Crippen molar-refractivity contribution in [2.24, 2.45) is 0 Å². The molecule has 0 atom stereocenters. The third kappa shape index (κ3) is 3.83. The van der Waals surface area contributed by atoms with Crippen LogP contribution in [0.1, 0.15) is 21.6 Å². The molecule has 0 saturated heterocycles. The summed E-state index contributed by atoms with van der Waals surface area (Å²) >= 11 is 6.03. The van der Waals surface area contributed by atoms with Crippen LogP contribution in [0, 0.1) is 13.8 Å². The summed E-state index contributed by atoms with van der Waals surface area (Å²) in [6.07, 6.45) is 0. The van der Waals surface area contributed by atoms with E-state index < -0.39 is 18.5 Å². The van der Waals surface area contributed by atoms with Gasteiger partial charge in [0.25, 0.3) is 5.91 Å². The second kappa shape index (κ2) is 7.54. The van der Waals surface area contributed by atoms with E-state index >= 15 is 0 Å². The zero-order valence-corrected chi connectivity index (χ0v) is 15.1. The number of ether oxygens (including phenoxy) is 1. The number of aromatic nitrogens is 1. The van der Waals surface area contributed by atoms with Gasteiger partial charge in [-0.2, -0.15) is 0 Å². The van der Waals surface area contributed by atoms with Crippen LogP contribution in [0.5, 0.6) is 0 Å². The molecule has 1 amide bonds. The van der Waals surface area contributed by atoms with Gasteiger partial charge in [0.15, 0.2) is 6.61 Å². The second-order valence-corrected chi connectivity index (χ2v) is 6.26. The highest BCUT2D eigenvalue weighted by Gasteiger charge is 2.18. The predicted molar refractivity (Wildman–Crippen MR) is 102 cm³/mol. The predicted octanol–water partition coefficient (Wildman–Crippen LogP) is 4.30. The van der Waals surface area contributed by atoms with E-state index in [1.54, 1.807) is 26.0 Å². The van der Waals surface area contributed by atoms with Gasteiger partial charge in [0.1, 0.15) is 5.15 Å². The van der Waals surface area contributed by atoms with E-state index in [4.69, 9.17) is 16.3 Å². The van der Waals surface area contributed by atoms with E-state index in [2.05, 4.69) is 10.3 Å². The Kier molecular flexibility index (Phi) is 5.19. The van der Waals surface area contributed by atoms with Crippen LogP contribution in [0.2, 0.25) is 5.15 Å². The molecule has 1 N–H and O–H groups in total. The number of hydrogen-bond donors (Lipinski definition) is 1. The maximum Gasteiger partial charge on any atom is 0.342 e. The van der Waals surface area contributed by atoms with Crippen molar-refractivity contribution in [3.05, 3.63) is 70.5 Å². The first-order valence-electron chi connectivity index (χ1n) is 8.04. The van der Waals surface area contributed by atoms with Gasteiger partial charge in [0.2, 0.25) is 0 Å². The lowest BCUT2D eigenvalue weighted by atomic mass is 10.1. The molecule has 0 aliphatic heterocycles. The lowest BCUT2D eigenvalue weighted by Gasteiger charge is -2.11. The van der Waals surface area contributed by atoms with Gasteiger partial charge in [-0.05, 0) is 36.9 Å². The number of aryl methyl sites for hydroxylation is 2. The number of esters is 1. The third-order valence-corrected chi connectivity index (χ3v) is 4.18. The average molecular weight is 369 g/mol. The van der Waals surface area contributed by atoms with Crippen LogP contribution in [-0.2, 0) is 9.53 Å². The Balaban J connectivity index is 1.68. The van der Waals surface area contributed by atoms with Crippen molar-refractivity contribution in [1.29, 1.82) is 0 Å². The van der Waals surface area contributed by atoms with Crippen LogP contribution in [0.3, 0.4) is 0 Å². The van der Waals surface area contributed by atoms with Gasteiger partial charge < -0.3 is 10.1 Å². The smallest absolute Gasteiger partial charge is 0.342 e. The molecule has 2 aromatic carbocycles. The van der Waals surface area contributed by atoms with Crippen LogP contribution in [0.15, 0.2) is 48.5 Å². The standard InChI is InChI=1S/C20H17ClN2O3/c1-12-10-13(2)22-19(21)18(12)20(25)26-11-17(24)23-16-9-5-7-14-6-3-4-8-15(14)16/h3-10H,11H2,1-2H3,(H,23,24). The number of carbonyl (C=O) groups is 2. The zero-order valence-electron chi connectivity index (χ0n) is 14.4. The highest BCUT2D eigenvalue weighted by atomic mass is 35.5. The van der Waals surface area contributed by atoms with Gasteiger partial charge in [0.05, 0.1) is 5.56 Å². The molecule has 0 saturated carbocycles. The first kappa shape index (κ1) is 17.9. The van der Waals surface area contributed by atoms with Gasteiger partial charge in [-0.15, -0.1) is 0 Å². The largest absolute Gasteiger partial charge is 0.452 e. The first-order chi connectivity index (χ1) is 12.5. The molecule has 5 nitrogen and oxygen atoms in total. The summed E-state index contributed by atoms with van der Waals surface area (Å²) in [6, 6.07) is 15.0. The molecule has 0 aliphatic rings. The molecule has 6 heteroatoms. The number of fused-ring (bicyclic) bond motifs is 1. The highest BCUT2D eigenvalue weighted by Crippen LogP contribution is 2.23. The van der Waals surface area contributed by atoms with E-state index in [9.17, 15) is 9.59 Å². The van der Waals surface area contributed by atoms with Crippen molar-refractivity contribution in [3.63, 3.8) is 0 Å². The molecule has 0 unspecified atom stereocenters. The number of benzene rings is 2. The van der Waals surface area contributed by atoms with E-state index in [-0.39, 0.29) is 10.7 Å². The van der Waals surface area contributed by atoms with E-state index in [1.807, 2.05) is 36.4 Å². The summed E-state index contributed by atoms with van der Waals surface area (Å²) in [4.78, 5) is 28.5. The van der Waals surface area contributed by atoms with Crippen LogP contribution in [0.25, 0.3) is 10.8 Å². The van der Waals surface area contributed by atoms with Crippen LogP contribution >= 0.6 is 11.6 Å². The van der Waals surface area contributed by atoms with Crippen molar-refractivity contribution in [3.8, 4) is 0 Å². The molecule has 3 rings (SSSR count). The SMILES string of the molecule is Cc1cc(C)c(C(=O)OCC(=O)Nc2cccc3ccccc23)c(Cl)n1. The second-order valence-electron chi connectivity index (χ2n) is 5.90. The minimum atomic E-state index is -0.673. The molecular formula is C20H17ClN2O3. The number of anilines is 1. The minimum Gasteiger partial charge on any atom is -0.452 e. The van der Waals surface area contributed by atoms with Gasteiger partial charge in [-0.25, -0.2) is 9.78 Å². The van der Waals surface area contributed by atoms with Crippen LogP contribution in [-0.4, -0.2) is 23.5 Å². The number of rotatable bonds is 4. The Morgan fingerprint density at radius 2 is 1.85 bits per heavy atom. The van der Waals surface area contributed by atoms with E-state index in [0.717, 1.165) is 10.8 Å². The summed E-state index contributed by atoms with van der Waals surface area (Å²) in [6.45, 7) is 3.12. The Bertz CT molecular complexity index is 973. The number of amides is 1. The lowest BCUT2D eigenvalue weighted by molar-refractivity contribution is -0.119. The van der Waals surface area contributed by atoms with Gasteiger partial charge in [-0.1, -0.05) is 48.0 Å². The number of halogens is 1. The number of nitrogens with one attached hydrogen (secondary N) is 1. The topological polar surface area (TPSA) is 68.3 Å². The molecule has 0 fully saturated rings. The van der Waals surface area contributed by atoms with Gasteiger partial charge in [0, 0.05) is 16.8 Å². The quantitative estimate of drug-likeness (QED) is 0.550. The van der Waals surface area contributed by atoms with Crippen LogP contribution < -0.4 is 5.32 Å². The summed E-state index contributed by atoms with van der Waals surface area (Å²) in [5.74, 6) is -1.10. The fourth-order valence-electron chi connectivity index (χ4n) is 2.76. The van der Waals surface area contributed by atoms with Crippen molar-refractivity contribution in [2.45, 2.75) is 13.8 Å². The monoisotopic (exact) mass is 368 g/mol. The summed E-state index contributed by atoms with van der Waals surface area (Å²) < 4.78 is 5.10. The molecule has 1 heterocycles. The Morgan fingerprint density at radius 1 is 1.12 bits per heavy atom. The van der Waals surface area contributed by atoms with Crippen molar-refractivity contribution in [2.75, 3.05) is 11.9 Å². The van der Waals surface area contributed by atoms with Gasteiger partial charge in [-0.3, -0.25) is 4.79 Å². The molecule has 26 heavy (non-hydrogen) atoms. The third-order valence-electron chi connectivity index (χ3n) is 3.90. The molecule has 0 spiro atoms. The number of nitrogens with zero attached hydrogens (tertiary/aromatic N) is 1. The Morgan fingerprint density at radius 3 is 2.62 bits per heavy atom. The Labute approximate surface area is 156 Å². The summed E-state index contributed by atoms with van der Waals surface area (Å²) in [7, 11) is 0. The van der Waals surface area contributed by atoms with Gasteiger partial charge >= 0.3 is 5.97 Å². The molecule has 132 valence electrons. The molecular weight excluding hydrogens is 352 g/mol. The van der Waals surface area contributed by atoms with E-state index in [0.29, 0.717) is 16.9 Å². The van der Waals surface area contributed by atoms with Crippen LogP contribution in [0.4, 0.5) is 5.69 Å². The fourth-order valence-corrected chi connectivity index (χ4v) is 3.12. The maximum absolute atomic E-state index is 12.2. The molecule has 1 aromatic heterocycles. The fraction of sp³-hybridized carbons (Fsp3) is 0.150. The van der Waals surface area contributed by atoms with Crippen molar-refractivity contribution < 1.29 is 14.3 Å².